The summed E-state index contributed by atoms with van der Waals surface area (Å²) < 4.78 is 14.4. The first-order valence-electron chi connectivity index (χ1n) is 9.45. The summed E-state index contributed by atoms with van der Waals surface area (Å²) in [7, 11) is 0. The van der Waals surface area contributed by atoms with Gasteiger partial charge in [0.1, 0.15) is 12.7 Å². The Bertz CT molecular complexity index is 771. The molecule has 1 aliphatic heterocycles. The molecule has 1 atom stereocenters. The van der Waals surface area contributed by atoms with Crippen LogP contribution in [0.5, 0.6) is 0 Å². The van der Waals surface area contributed by atoms with E-state index in [9.17, 15) is 19.2 Å². The minimum absolute atomic E-state index is 0.142. The summed E-state index contributed by atoms with van der Waals surface area (Å²) >= 11 is 0. The van der Waals surface area contributed by atoms with Gasteiger partial charge in [0.25, 0.3) is 0 Å². The highest BCUT2D eigenvalue weighted by molar-refractivity contribution is 5.91. The number of rotatable bonds is 11. The van der Waals surface area contributed by atoms with Gasteiger partial charge in [-0.1, -0.05) is 33.1 Å². The number of esters is 2. The van der Waals surface area contributed by atoms with Crippen LogP contribution in [0.2, 0.25) is 0 Å². The first-order valence-corrected chi connectivity index (χ1v) is 9.45. The lowest BCUT2D eigenvalue weighted by molar-refractivity contribution is -0.140. The zero-order valence-corrected chi connectivity index (χ0v) is 18.3. The predicted octanol–water partition coefficient (Wildman–Crippen LogP) is 2.57. The molecule has 1 aliphatic rings. The van der Waals surface area contributed by atoms with E-state index in [-0.39, 0.29) is 23.2 Å². The fraction of sp³-hybridized carbons (Fsp3) is 0.409. The van der Waals surface area contributed by atoms with E-state index in [4.69, 9.17) is 29.7 Å². The molecule has 0 bridgehead atoms. The van der Waals surface area contributed by atoms with E-state index in [2.05, 4.69) is 19.7 Å². The molecule has 0 aromatic carbocycles. The van der Waals surface area contributed by atoms with Crippen LogP contribution in [0, 0.1) is 11.3 Å². The lowest BCUT2D eigenvalue weighted by Crippen LogP contribution is -2.09. The molecule has 176 valence electrons. The number of ether oxygens (including phenoxy) is 3. The molecule has 0 aromatic heterocycles. The molecule has 0 radical (unpaired) electrons. The SMILES string of the molecule is C=C(C)C(=O)OCC1CO1.C=C(C=CC#N)C(=O)OCCCC.C=C(CC(=O)O)C(=O)O. The summed E-state index contributed by atoms with van der Waals surface area (Å²) in [6.07, 6.45) is 4.00. The second-order valence-corrected chi connectivity index (χ2v) is 6.29. The third-order valence-corrected chi connectivity index (χ3v) is 3.17. The fourth-order valence-electron chi connectivity index (χ4n) is 1.32. The molecular formula is C22H29NO9. The Morgan fingerprint density at radius 2 is 1.75 bits per heavy atom. The molecule has 1 heterocycles. The van der Waals surface area contributed by atoms with Crippen LogP contribution in [0.25, 0.3) is 0 Å². The summed E-state index contributed by atoms with van der Waals surface area (Å²) in [4.78, 5) is 41.4. The average Bonchev–Trinajstić information content (AvgIpc) is 3.55. The van der Waals surface area contributed by atoms with Crippen LogP contribution in [0.3, 0.4) is 0 Å². The van der Waals surface area contributed by atoms with Crippen LogP contribution >= 0.6 is 0 Å². The van der Waals surface area contributed by atoms with E-state index < -0.39 is 24.3 Å². The van der Waals surface area contributed by atoms with Crippen LogP contribution in [-0.2, 0) is 33.4 Å². The third-order valence-electron chi connectivity index (χ3n) is 3.17. The maximum absolute atomic E-state index is 11.0. The van der Waals surface area contributed by atoms with Crippen molar-refractivity contribution >= 4 is 23.9 Å². The van der Waals surface area contributed by atoms with Crippen molar-refractivity contribution < 1.29 is 43.6 Å². The highest BCUT2D eigenvalue weighted by Gasteiger charge is 2.24. The van der Waals surface area contributed by atoms with Crippen LogP contribution < -0.4 is 0 Å². The Morgan fingerprint density at radius 3 is 2.12 bits per heavy atom. The number of nitriles is 1. The van der Waals surface area contributed by atoms with Crippen LogP contribution in [0.4, 0.5) is 0 Å². The van der Waals surface area contributed by atoms with E-state index in [0.29, 0.717) is 25.4 Å². The van der Waals surface area contributed by atoms with Gasteiger partial charge in [-0.05, 0) is 19.4 Å². The average molecular weight is 451 g/mol. The number of epoxide rings is 1. The van der Waals surface area contributed by atoms with Crippen molar-refractivity contribution in [3.63, 3.8) is 0 Å². The normalized spacial score (nSPS) is 13.1. The number of nitrogens with zero attached hydrogens (tertiary/aromatic N) is 1. The largest absolute Gasteiger partial charge is 0.481 e. The zero-order chi connectivity index (χ0) is 25.1. The van der Waals surface area contributed by atoms with E-state index >= 15 is 0 Å². The molecule has 0 saturated carbocycles. The summed E-state index contributed by atoms with van der Waals surface area (Å²) in [6.45, 7) is 15.0. The number of carbonyl (C=O) groups excluding carboxylic acids is 2. The number of hydrogen-bond acceptors (Lipinski definition) is 8. The van der Waals surface area contributed by atoms with Gasteiger partial charge in [0, 0.05) is 17.2 Å². The first kappa shape index (κ1) is 30.5. The lowest BCUT2D eigenvalue weighted by Gasteiger charge is -2.01. The number of allylic oxidation sites excluding steroid dienone is 1. The summed E-state index contributed by atoms with van der Waals surface area (Å²) in [5.41, 5.74) is 0.334. The molecule has 10 nitrogen and oxygen atoms in total. The molecule has 1 rings (SSSR count). The lowest BCUT2D eigenvalue weighted by atomic mass is 10.2. The van der Waals surface area contributed by atoms with Crippen LogP contribution in [-0.4, -0.2) is 60.0 Å². The van der Waals surface area contributed by atoms with Gasteiger partial charge in [-0.15, -0.1) is 0 Å². The monoisotopic (exact) mass is 451 g/mol. The van der Waals surface area contributed by atoms with Crippen molar-refractivity contribution in [1.82, 2.24) is 0 Å². The van der Waals surface area contributed by atoms with Crippen molar-refractivity contribution in [2.24, 2.45) is 0 Å². The molecular weight excluding hydrogens is 422 g/mol. The maximum atomic E-state index is 11.0. The number of carboxylic acids is 2. The molecule has 10 heteroatoms. The Kier molecular flexibility index (Phi) is 17.2. The smallest absolute Gasteiger partial charge is 0.337 e. The molecule has 0 spiro atoms. The standard InChI is InChI=1S/C10H13NO2.C7H10O3.C5H6O4/c1-3-4-8-13-10(12)9(2)6-5-7-11;1-5(2)7(8)10-4-6-3-9-6;1-3(5(8)9)2-4(6)7/h5-6H,2-4,8H2,1H3;6H,1,3-4H2,2H3;1-2H2,(H,6,7)(H,8,9). The van der Waals surface area contributed by atoms with Gasteiger partial charge in [0.15, 0.2) is 0 Å². The third kappa shape index (κ3) is 19.6. The molecule has 0 amide bonds. The number of carboxylic acid groups (broad SMARTS) is 2. The van der Waals surface area contributed by atoms with Crippen LogP contribution in [0.1, 0.15) is 33.1 Å². The Hall–Kier alpha value is -3.71. The molecule has 0 aromatic rings. The zero-order valence-electron chi connectivity index (χ0n) is 18.3. The second-order valence-electron chi connectivity index (χ2n) is 6.29. The predicted molar refractivity (Wildman–Crippen MR) is 114 cm³/mol. The van der Waals surface area contributed by atoms with Gasteiger partial charge in [-0.25, -0.2) is 14.4 Å². The molecule has 0 aliphatic carbocycles. The minimum atomic E-state index is -1.27. The van der Waals surface area contributed by atoms with Crippen molar-refractivity contribution in [2.75, 3.05) is 19.8 Å². The first-order chi connectivity index (χ1) is 15.0. The quantitative estimate of drug-likeness (QED) is 0.119. The molecule has 1 unspecified atom stereocenters. The summed E-state index contributed by atoms with van der Waals surface area (Å²) in [5.74, 6) is -3.24. The number of carbonyl (C=O) groups is 4. The maximum Gasteiger partial charge on any atom is 0.337 e. The number of aliphatic carboxylic acids is 2. The van der Waals surface area contributed by atoms with Crippen molar-refractivity contribution in [3.8, 4) is 6.07 Å². The Balaban J connectivity index is 0. The van der Waals surface area contributed by atoms with Gasteiger partial charge in [0.2, 0.25) is 0 Å². The van der Waals surface area contributed by atoms with E-state index in [1.807, 2.05) is 6.92 Å². The van der Waals surface area contributed by atoms with E-state index in [0.717, 1.165) is 12.8 Å². The highest BCUT2D eigenvalue weighted by atomic mass is 16.6. The molecule has 32 heavy (non-hydrogen) atoms. The van der Waals surface area contributed by atoms with Crippen molar-refractivity contribution in [1.29, 1.82) is 5.26 Å². The van der Waals surface area contributed by atoms with Crippen molar-refractivity contribution in [3.05, 3.63) is 48.6 Å². The molecule has 1 saturated heterocycles. The van der Waals surface area contributed by atoms with Gasteiger partial charge >= 0.3 is 23.9 Å². The van der Waals surface area contributed by atoms with Gasteiger partial charge in [-0.3, -0.25) is 4.79 Å². The van der Waals surface area contributed by atoms with E-state index in [1.165, 1.54) is 12.2 Å². The summed E-state index contributed by atoms with van der Waals surface area (Å²) in [5, 5.41) is 24.3. The van der Waals surface area contributed by atoms with Gasteiger partial charge < -0.3 is 24.4 Å². The van der Waals surface area contributed by atoms with Crippen LogP contribution in [0.15, 0.2) is 48.6 Å². The molecule has 1 fully saturated rings. The van der Waals surface area contributed by atoms with Gasteiger partial charge in [0.05, 0.1) is 31.3 Å². The Morgan fingerprint density at radius 1 is 1.16 bits per heavy atom. The molecule has 2 N–H and O–H groups in total. The Labute approximate surface area is 187 Å². The minimum Gasteiger partial charge on any atom is -0.481 e. The fourth-order valence-corrected chi connectivity index (χ4v) is 1.32. The number of hydrogen-bond donors (Lipinski definition) is 2. The van der Waals surface area contributed by atoms with Gasteiger partial charge in [-0.2, -0.15) is 5.26 Å². The number of unbranched alkanes of at least 4 members (excludes halogenated alkanes) is 1. The topological polar surface area (TPSA) is 164 Å². The van der Waals surface area contributed by atoms with Crippen molar-refractivity contribution in [2.45, 2.75) is 39.2 Å². The second kappa shape index (κ2) is 18.1. The highest BCUT2D eigenvalue weighted by Crippen LogP contribution is 2.09. The van der Waals surface area contributed by atoms with E-state index in [1.54, 1.807) is 13.0 Å². The summed E-state index contributed by atoms with van der Waals surface area (Å²) in [6, 6.07) is 1.77.